The fraction of sp³-hybridized carbons (Fsp3) is 0.550. The number of nitrogens with one attached hydrogen (secondary N) is 1. The third-order valence-corrected chi connectivity index (χ3v) is 5.01. The zero-order chi connectivity index (χ0) is 22.6. The first-order chi connectivity index (χ1) is 14.7. The Morgan fingerprint density at radius 3 is 2.58 bits per heavy atom. The number of carbonyl (C=O) groups excluding carboxylic acids is 1. The molecule has 11 heteroatoms. The second-order valence-corrected chi connectivity index (χ2v) is 7.82. The molecule has 1 aliphatic rings. The molecule has 2 heterocycles. The van der Waals surface area contributed by atoms with Gasteiger partial charge in [0, 0.05) is 25.7 Å². The van der Waals surface area contributed by atoms with Crippen LogP contribution in [-0.2, 0) is 10.9 Å². The predicted molar refractivity (Wildman–Crippen MR) is 104 cm³/mol. The van der Waals surface area contributed by atoms with Crippen LogP contribution in [0.1, 0.15) is 36.5 Å². The van der Waals surface area contributed by atoms with E-state index in [2.05, 4.69) is 20.5 Å². The molecule has 0 saturated carbocycles. The van der Waals surface area contributed by atoms with E-state index in [1.807, 2.05) is 13.8 Å². The minimum atomic E-state index is -4.91. The van der Waals surface area contributed by atoms with Crippen molar-refractivity contribution < 1.29 is 27.1 Å². The fourth-order valence-corrected chi connectivity index (χ4v) is 3.62. The number of aromatic nitrogens is 3. The third-order valence-electron chi connectivity index (χ3n) is 5.01. The maximum atomic E-state index is 13.8. The quantitative estimate of drug-likeness (QED) is 0.667. The number of carbonyl (C=O) groups is 1. The summed E-state index contributed by atoms with van der Waals surface area (Å²) < 4.78 is 60.6. The molecule has 1 atom stereocenters. The summed E-state index contributed by atoms with van der Waals surface area (Å²) >= 11 is 0. The Morgan fingerprint density at radius 2 is 1.97 bits per heavy atom. The molecule has 31 heavy (non-hydrogen) atoms. The SMILES string of the molecule is CC(C)CC(CNC(=O)c1nnn(-c2cccc(F)c2)c1C(F)(F)F)N1CCOCC1. The van der Waals surface area contributed by atoms with Gasteiger partial charge in [-0.15, -0.1) is 5.10 Å². The van der Waals surface area contributed by atoms with Crippen molar-refractivity contribution >= 4 is 5.91 Å². The van der Waals surface area contributed by atoms with Crippen molar-refractivity contribution in [3.8, 4) is 5.69 Å². The zero-order valence-electron chi connectivity index (χ0n) is 17.3. The molecule has 1 saturated heterocycles. The van der Waals surface area contributed by atoms with Crippen LogP contribution in [0.4, 0.5) is 17.6 Å². The van der Waals surface area contributed by atoms with E-state index in [4.69, 9.17) is 4.74 Å². The first-order valence-electron chi connectivity index (χ1n) is 10.1. The topological polar surface area (TPSA) is 72.3 Å². The Balaban J connectivity index is 1.82. The first kappa shape index (κ1) is 23.1. The van der Waals surface area contributed by atoms with Crippen LogP contribution >= 0.6 is 0 Å². The molecule has 170 valence electrons. The van der Waals surface area contributed by atoms with Gasteiger partial charge in [0.25, 0.3) is 5.91 Å². The molecule has 1 aromatic carbocycles. The van der Waals surface area contributed by atoms with Crippen molar-refractivity contribution in [2.24, 2.45) is 5.92 Å². The summed E-state index contributed by atoms with van der Waals surface area (Å²) in [7, 11) is 0. The van der Waals surface area contributed by atoms with Crippen molar-refractivity contribution in [1.29, 1.82) is 0 Å². The maximum Gasteiger partial charge on any atom is 0.435 e. The van der Waals surface area contributed by atoms with Crippen LogP contribution in [0, 0.1) is 11.7 Å². The van der Waals surface area contributed by atoms with Gasteiger partial charge in [-0.2, -0.15) is 13.2 Å². The molecular formula is C20H25F4N5O2. The number of ether oxygens (including phenoxy) is 1. The van der Waals surface area contributed by atoms with E-state index in [9.17, 15) is 22.4 Å². The number of nitrogens with zero attached hydrogens (tertiary/aromatic N) is 4. The number of alkyl halides is 3. The van der Waals surface area contributed by atoms with Crippen LogP contribution in [-0.4, -0.2) is 64.7 Å². The first-order valence-corrected chi connectivity index (χ1v) is 10.1. The Kier molecular flexibility index (Phi) is 7.26. The van der Waals surface area contributed by atoms with E-state index in [1.54, 1.807) is 0 Å². The van der Waals surface area contributed by atoms with Gasteiger partial charge in [-0.25, -0.2) is 9.07 Å². The summed E-state index contributed by atoms with van der Waals surface area (Å²) in [5.74, 6) is -1.37. The van der Waals surface area contributed by atoms with Gasteiger partial charge in [0.05, 0.1) is 18.9 Å². The van der Waals surface area contributed by atoms with Crippen molar-refractivity contribution in [3.63, 3.8) is 0 Å². The molecule has 1 N–H and O–H groups in total. The van der Waals surface area contributed by atoms with Gasteiger partial charge in [0.15, 0.2) is 11.4 Å². The van der Waals surface area contributed by atoms with Gasteiger partial charge >= 0.3 is 6.18 Å². The summed E-state index contributed by atoms with van der Waals surface area (Å²) in [5, 5.41) is 9.52. The average Bonchev–Trinajstić information content (AvgIpc) is 3.17. The van der Waals surface area contributed by atoms with Gasteiger partial charge in [-0.1, -0.05) is 25.1 Å². The Bertz CT molecular complexity index is 894. The number of morpholine rings is 1. The van der Waals surface area contributed by atoms with E-state index < -0.39 is 29.3 Å². The monoisotopic (exact) mass is 443 g/mol. The standard InChI is InChI=1S/C20H25F4N5O2/c1-13(2)10-16(28-6-8-31-9-7-28)12-25-19(30)17-18(20(22,23)24)29(27-26-17)15-5-3-4-14(21)11-15/h3-5,11,13,16H,6-10,12H2,1-2H3,(H,25,30). The van der Waals surface area contributed by atoms with Crippen LogP contribution in [0.3, 0.4) is 0 Å². The highest BCUT2D eigenvalue weighted by Gasteiger charge is 2.42. The fourth-order valence-electron chi connectivity index (χ4n) is 3.62. The van der Waals surface area contributed by atoms with E-state index in [0.29, 0.717) is 36.9 Å². The summed E-state index contributed by atoms with van der Waals surface area (Å²) in [6.07, 6.45) is -4.15. The molecule has 0 aliphatic carbocycles. The molecule has 0 spiro atoms. The molecule has 0 bridgehead atoms. The molecule has 7 nitrogen and oxygen atoms in total. The van der Waals surface area contributed by atoms with Crippen molar-refractivity contribution in [2.75, 3.05) is 32.8 Å². The van der Waals surface area contributed by atoms with Crippen molar-refractivity contribution in [3.05, 3.63) is 41.5 Å². The maximum absolute atomic E-state index is 13.8. The number of hydrogen-bond donors (Lipinski definition) is 1. The normalized spacial score (nSPS) is 16.5. The molecule has 3 rings (SSSR count). The lowest BCUT2D eigenvalue weighted by molar-refractivity contribution is -0.143. The summed E-state index contributed by atoms with van der Waals surface area (Å²) in [6, 6.07) is 4.46. The van der Waals surface area contributed by atoms with E-state index >= 15 is 0 Å². The second kappa shape index (κ2) is 9.73. The minimum Gasteiger partial charge on any atom is -0.379 e. The number of halogens is 4. The van der Waals surface area contributed by atoms with Crippen molar-refractivity contribution in [1.82, 2.24) is 25.2 Å². The van der Waals surface area contributed by atoms with Crippen LogP contribution < -0.4 is 5.32 Å². The van der Waals surface area contributed by atoms with E-state index in [-0.39, 0.29) is 18.3 Å². The van der Waals surface area contributed by atoms with Crippen LogP contribution in [0.2, 0.25) is 0 Å². The molecule has 2 aromatic rings. The number of hydrogen-bond acceptors (Lipinski definition) is 5. The molecule has 1 amide bonds. The molecule has 1 aliphatic heterocycles. The van der Waals surface area contributed by atoms with Gasteiger partial charge in [-0.05, 0) is 30.5 Å². The number of rotatable bonds is 7. The average molecular weight is 443 g/mol. The van der Waals surface area contributed by atoms with Gasteiger partial charge in [0.2, 0.25) is 0 Å². The van der Waals surface area contributed by atoms with Gasteiger partial charge < -0.3 is 10.1 Å². The highest BCUT2D eigenvalue weighted by atomic mass is 19.4. The molecule has 0 radical (unpaired) electrons. The van der Waals surface area contributed by atoms with Gasteiger partial charge in [-0.3, -0.25) is 9.69 Å². The third kappa shape index (κ3) is 5.79. The largest absolute Gasteiger partial charge is 0.435 e. The van der Waals surface area contributed by atoms with Crippen molar-refractivity contribution in [2.45, 2.75) is 32.5 Å². The lowest BCUT2D eigenvalue weighted by Crippen LogP contribution is -2.49. The summed E-state index contributed by atoms with van der Waals surface area (Å²) in [5.41, 5.74) is -2.37. The molecule has 1 unspecified atom stereocenters. The summed E-state index contributed by atoms with van der Waals surface area (Å²) in [4.78, 5) is 14.8. The highest BCUT2D eigenvalue weighted by Crippen LogP contribution is 2.32. The lowest BCUT2D eigenvalue weighted by atomic mass is 10.0. The number of benzene rings is 1. The Morgan fingerprint density at radius 1 is 1.26 bits per heavy atom. The lowest BCUT2D eigenvalue weighted by Gasteiger charge is -2.35. The minimum absolute atomic E-state index is 0.0412. The summed E-state index contributed by atoms with van der Waals surface area (Å²) in [6.45, 7) is 6.78. The molecule has 1 aromatic heterocycles. The van der Waals surface area contributed by atoms with Crippen LogP contribution in [0.15, 0.2) is 24.3 Å². The zero-order valence-corrected chi connectivity index (χ0v) is 17.3. The Hall–Kier alpha value is -2.53. The molecular weight excluding hydrogens is 418 g/mol. The second-order valence-electron chi connectivity index (χ2n) is 7.82. The van der Waals surface area contributed by atoms with E-state index in [1.165, 1.54) is 12.1 Å². The van der Waals surface area contributed by atoms with Gasteiger partial charge in [0.1, 0.15) is 5.82 Å². The van der Waals surface area contributed by atoms with Crippen LogP contribution in [0.25, 0.3) is 5.69 Å². The highest BCUT2D eigenvalue weighted by molar-refractivity contribution is 5.93. The number of amides is 1. The predicted octanol–water partition coefficient (Wildman–Crippen LogP) is 2.90. The smallest absolute Gasteiger partial charge is 0.379 e. The molecule has 1 fully saturated rings. The Labute approximate surface area is 177 Å². The van der Waals surface area contributed by atoms with E-state index in [0.717, 1.165) is 18.6 Å². The van der Waals surface area contributed by atoms with Crippen LogP contribution in [0.5, 0.6) is 0 Å².